The number of benzene rings is 2. The van der Waals surface area contributed by atoms with Crippen LogP contribution in [0.5, 0.6) is 0 Å². The molecule has 150 valence electrons. The Morgan fingerprint density at radius 3 is 2.48 bits per heavy atom. The molecule has 2 heterocycles. The maximum absolute atomic E-state index is 12.9. The van der Waals surface area contributed by atoms with Crippen molar-refractivity contribution in [1.29, 1.82) is 0 Å². The summed E-state index contributed by atoms with van der Waals surface area (Å²) in [5, 5.41) is 0.391. The van der Waals surface area contributed by atoms with Crippen LogP contribution in [0.25, 0.3) is 22.3 Å². The van der Waals surface area contributed by atoms with E-state index in [2.05, 4.69) is 4.90 Å². The monoisotopic (exact) mass is 391 g/mol. The maximum Gasteiger partial charge on any atom is 0.343 e. The number of hydrogen-bond acceptors (Lipinski definition) is 5. The van der Waals surface area contributed by atoms with Crippen LogP contribution >= 0.6 is 0 Å². The largest absolute Gasteiger partial charge is 0.455 e. The molecule has 0 radical (unpaired) electrons. The minimum absolute atomic E-state index is 0.135. The van der Waals surface area contributed by atoms with E-state index in [9.17, 15) is 9.59 Å². The van der Waals surface area contributed by atoms with Crippen molar-refractivity contribution in [3.63, 3.8) is 0 Å². The van der Waals surface area contributed by atoms with Crippen LogP contribution in [0.15, 0.2) is 57.7 Å². The van der Waals surface area contributed by atoms with Gasteiger partial charge in [0.25, 0.3) is 0 Å². The lowest BCUT2D eigenvalue weighted by Crippen LogP contribution is -2.40. The van der Waals surface area contributed by atoms with Gasteiger partial charge in [0.15, 0.2) is 17.2 Å². The molecule has 0 aliphatic carbocycles. The molecule has 1 aliphatic heterocycles. The lowest BCUT2D eigenvalue weighted by atomic mass is 10.0. The second kappa shape index (κ2) is 8.21. The third kappa shape index (κ3) is 3.83. The van der Waals surface area contributed by atoms with Crippen LogP contribution in [-0.2, 0) is 4.74 Å². The van der Waals surface area contributed by atoms with Gasteiger partial charge in [0, 0.05) is 24.2 Å². The molecular formula is C24H25NO4. The molecule has 1 aromatic heterocycles. The Kier molecular flexibility index (Phi) is 5.49. The summed E-state index contributed by atoms with van der Waals surface area (Å²) in [5.41, 5.74) is 1.74. The van der Waals surface area contributed by atoms with E-state index in [0.29, 0.717) is 16.7 Å². The van der Waals surface area contributed by atoms with Crippen molar-refractivity contribution in [3.05, 3.63) is 69.9 Å². The fourth-order valence-electron chi connectivity index (χ4n) is 3.91. The number of ether oxygens (including phenoxy) is 1. The first-order chi connectivity index (χ1) is 14.1. The molecule has 0 amide bonds. The fraction of sp³-hybridized carbons (Fsp3) is 0.333. The smallest absolute Gasteiger partial charge is 0.343 e. The third-order valence-corrected chi connectivity index (χ3v) is 5.58. The van der Waals surface area contributed by atoms with E-state index >= 15 is 0 Å². The number of nitrogens with zero attached hydrogens (tertiary/aromatic N) is 1. The summed E-state index contributed by atoms with van der Waals surface area (Å²) in [7, 11) is 0. The molecule has 1 saturated heterocycles. The highest BCUT2D eigenvalue weighted by atomic mass is 16.6. The fourth-order valence-corrected chi connectivity index (χ4v) is 3.91. The van der Waals surface area contributed by atoms with E-state index in [1.165, 1.54) is 6.42 Å². The van der Waals surface area contributed by atoms with E-state index < -0.39 is 5.97 Å². The van der Waals surface area contributed by atoms with Gasteiger partial charge >= 0.3 is 5.97 Å². The van der Waals surface area contributed by atoms with Gasteiger partial charge < -0.3 is 9.15 Å². The zero-order valence-corrected chi connectivity index (χ0v) is 16.8. The van der Waals surface area contributed by atoms with E-state index in [1.807, 2.05) is 37.3 Å². The second-order valence-corrected chi connectivity index (χ2v) is 7.53. The number of esters is 1. The molecule has 1 aliphatic rings. The van der Waals surface area contributed by atoms with Crippen molar-refractivity contribution in [2.24, 2.45) is 0 Å². The Balaban J connectivity index is 1.74. The third-order valence-electron chi connectivity index (χ3n) is 5.58. The highest BCUT2D eigenvalue weighted by Crippen LogP contribution is 2.28. The van der Waals surface area contributed by atoms with E-state index in [0.717, 1.165) is 31.5 Å². The zero-order chi connectivity index (χ0) is 20.4. The Morgan fingerprint density at radius 2 is 1.76 bits per heavy atom. The Labute approximate surface area is 169 Å². The molecule has 1 unspecified atom stereocenters. The number of para-hydroxylation sites is 1. The molecule has 0 saturated carbocycles. The van der Waals surface area contributed by atoms with Crippen LogP contribution in [0.2, 0.25) is 0 Å². The minimum Gasteiger partial charge on any atom is -0.455 e. The van der Waals surface area contributed by atoms with Crippen LogP contribution < -0.4 is 5.43 Å². The summed E-state index contributed by atoms with van der Waals surface area (Å²) in [4.78, 5) is 28.1. The van der Waals surface area contributed by atoms with Gasteiger partial charge in [0.1, 0.15) is 11.3 Å². The molecule has 2 aromatic carbocycles. The number of carbonyl (C=O) groups excluding carboxylic acids is 1. The van der Waals surface area contributed by atoms with Crippen molar-refractivity contribution in [1.82, 2.24) is 4.90 Å². The Hall–Kier alpha value is -2.92. The maximum atomic E-state index is 12.9. The average molecular weight is 391 g/mol. The Morgan fingerprint density at radius 1 is 1.03 bits per heavy atom. The van der Waals surface area contributed by atoms with Crippen LogP contribution in [0.1, 0.15) is 42.1 Å². The van der Waals surface area contributed by atoms with Gasteiger partial charge in [0.2, 0.25) is 0 Å². The van der Waals surface area contributed by atoms with E-state index in [4.69, 9.17) is 9.15 Å². The number of hydrogen-bond donors (Lipinski definition) is 0. The van der Waals surface area contributed by atoms with E-state index in [1.54, 1.807) is 25.1 Å². The van der Waals surface area contributed by atoms with Gasteiger partial charge in [0.05, 0.1) is 5.39 Å². The first-order valence-electron chi connectivity index (χ1n) is 10.1. The molecule has 0 N–H and O–H groups in total. The van der Waals surface area contributed by atoms with Gasteiger partial charge in [-0.25, -0.2) is 4.79 Å². The molecule has 3 aromatic rings. The molecule has 0 spiro atoms. The SMILES string of the molecule is Cc1c(-c2ccccc2)oc2c(C(=O)OC(C)N3CCCCC3)cccc2c1=O. The summed E-state index contributed by atoms with van der Waals surface area (Å²) in [6.45, 7) is 5.49. The quantitative estimate of drug-likeness (QED) is 0.600. The zero-order valence-electron chi connectivity index (χ0n) is 16.8. The standard InChI is InChI=1S/C24H25NO4/c1-16-21(26)19-12-9-13-20(23(19)29-22(16)18-10-5-3-6-11-18)24(27)28-17(2)25-14-7-4-8-15-25/h3,5-6,9-13,17H,4,7-8,14-15H2,1-2H3. The molecular weight excluding hydrogens is 366 g/mol. The van der Waals surface area contributed by atoms with Crippen molar-refractivity contribution in [2.45, 2.75) is 39.3 Å². The highest BCUT2D eigenvalue weighted by molar-refractivity contribution is 6.02. The number of rotatable bonds is 4. The summed E-state index contributed by atoms with van der Waals surface area (Å²) in [6.07, 6.45) is 3.13. The van der Waals surface area contributed by atoms with Crippen molar-refractivity contribution in [3.8, 4) is 11.3 Å². The van der Waals surface area contributed by atoms with Gasteiger partial charge in [-0.15, -0.1) is 0 Å². The molecule has 1 fully saturated rings. The van der Waals surface area contributed by atoms with Gasteiger partial charge in [-0.05, 0) is 38.8 Å². The van der Waals surface area contributed by atoms with Gasteiger partial charge in [-0.1, -0.05) is 42.8 Å². The molecule has 0 bridgehead atoms. The van der Waals surface area contributed by atoms with Crippen molar-refractivity contribution < 1.29 is 13.9 Å². The predicted molar refractivity (Wildman–Crippen MR) is 113 cm³/mol. The summed E-state index contributed by atoms with van der Waals surface area (Å²) >= 11 is 0. The first-order valence-corrected chi connectivity index (χ1v) is 10.1. The topological polar surface area (TPSA) is 59.8 Å². The molecule has 29 heavy (non-hydrogen) atoms. The van der Waals surface area contributed by atoms with Gasteiger partial charge in [-0.3, -0.25) is 9.69 Å². The van der Waals surface area contributed by atoms with Crippen LogP contribution in [0, 0.1) is 6.92 Å². The van der Waals surface area contributed by atoms with Crippen molar-refractivity contribution in [2.75, 3.05) is 13.1 Å². The van der Waals surface area contributed by atoms with Gasteiger partial charge in [-0.2, -0.15) is 0 Å². The lowest BCUT2D eigenvalue weighted by Gasteiger charge is -2.31. The molecule has 1 atom stereocenters. The number of carbonyl (C=O) groups is 1. The van der Waals surface area contributed by atoms with Crippen LogP contribution in [0.4, 0.5) is 0 Å². The normalized spacial score (nSPS) is 15.9. The highest BCUT2D eigenvalue weighted by Gasteiger charge is 2.24. The second-order valence-electron chi connectivity index (χ2n) is 7.53. The number of likely N-dealkylation sites (tertiary alicyclic amines) is 1. The summed E-state index contributed by atoms with van der Waals surface area (Å²) in [5.74, 6) is 0.00659. The Bertz CT molecular complexity index is 1080. The number of fused-ring (bicyclic) bond motifs is 1. The van der Waals surface area contributed by atoms with Crippen LogP contribution in [-0.4, -0.2) is 30.2 Å². The summed E-state index contributed by atoms with van der Waals surface area (Å²) in [6, 6.07) is 14.5. The molecule has 5 heteroatoms. The predicted octanol–water partition coefficient (Wildman–Crippen LogP) is 4.76. The summed E-state index contributed by atoms with van der Waals surface area (Å²) < 4.78 is 11.8. The van der Waals surface area contributed by atoms with E-state index in [-0.39, 0.29) is 22.8 Å². The van der Waals surface area contributed by atoms with Crippen molar-refractivity contribution >= 4 is 16.9 Å². The minimum atomic E-state index is -0.473. The van der Waals surface area contributed by atoms with Crippen LogP contribution in [0.3, 0.4) is 0 Å². The number of piperidine rings is 1. The lowest BCUT2D eigenvalue weighted by molar-refractivity contribution is -0.0297. The molecule has 5 nitrogen and oxygen atoms in total. The molecule has 4 rings (SSSR count). The first kappa shape index (κ1) is 19.4. The average Bonchev–Trinajstić information content (AvgIpc) is 2.77.